The van der Waals surface area contributed by atoms with Crippen LogP contribution < -0.4 is 10.1 Å². The van der Waals surface area contributed by atoms with E-state index in [1.807, 2.05) is 25.1 Å². The summed E-state index contributed by atoms with van der Waals surface area (Å²) in [5, 5.41) is 11.0. The van der Waals surface area contributed by atoms with Crippen molar-refractivity contribution in [3.05, 3.63) is 34.3 Å². The van der Waals surface area contributed by atoms with Crippen LogP contribution in [0.15, 0.2) is 28.7 Å². The normalized spacial score (nSPS) is 10.5. The molecule has 0 aliphatic heterocycles. The molecule has 0 aliphatic rings. The third kappa shape index (κ3) is 5.88. The Morgan fingerprint density at radius 2 is 2.20 bits per heavy atom. The molecule has 0 aromatic heterocycles. The van der Waals surface area contributed by atoms with E-state index in [1.165, 1.54) is 6.08 Å². The zero-order valence-electron chi connectivity index (χ0n) is 11.1. The van der Waals surface area contributed by atoms with Crippen LogP contribution >= 0.6 is 15.9 Å². The van der Waals surface area contributed by atoms with Crippen molar-refractivity contribution in [1.29, 1.82) is 0 Å². The lowest BCUT2D eigenvalue weighted by molar-refractivity contribution is -0.136. The fourth-order valence-electron chi connectivity index (χ4n) is 1.45. The van der Waals surface area contributed by atoms with E-state index in [0.29, 0.717) is 12.4 Å². The molecule has 0 atom stereocenters. The first-order valence-electron chi connectivity index (χ1n) is 6.13. The number of rotatable bonds is 7. The number of hydrogen-bond donors (Lipinski definition) is 2. The van der Waals surface area contributed by atoms with Crippen LogP contribution in [0.25, 0.3) is 6.08 Å². The van der Waals surface area contributed by atoms with E-state index >= 15 is 0 Å². The van der Waals surface area contributed by atoms with Crippen LogP contribution in [0.3, 0.4) is 0 Å². The van der Waals surface area contributed by atoms with E-state index in [4.69, 9.17) is 9.84 Å². The van der Waals surface area contributed by atoms with Crippen molar-refractivity contribution < 1.29 is 19.4 Å². The average molecular weight is 342 g/mol. The highest BCUT2D eigenvalue weighted by Crippen LogP contribution is 2.24. The number of benzene rings is 1. The van der Waals surface area contributed by atoms with E-state index in [9.17, 15) is 9.59 Å². The van der Waals surface area contributed by atoms with Gasteiger partial charge in [-0.25, -0.2) is 0 Å². The second kappa shape index (κ2) is 8.37. The Morgan fingerprint density at radius 3 is 2.85 bits per heavy atom. The molecule has 1 amide bonds. The van der Waals surface area contributed by atoms with Gasteiger partial charge in [0, 0.05) is 22.7 Å². The van der Waals surface area contributed by atoms with Gasteiger partial charge in [-0.3, -0.25) is 9.59 Å². The Kier molecular flexibility index (Phi) is 6.79. The van der Waals surface area contributed by atoms with E-state index < -0.39 is 5.97 Å². The van der Waals surface area contributed by atoms with E-state index in [0.717, 1.165) is 10.0 Å². The molecule has 0 radical (unpaired) electrons. The van der Waals surface area contributed by atoms with Gasteiger partial charge in [0.2, 0.25) is 5.91 Å². The van der Waals surface area contributed by atoms with Crippen molar-refractivity contribution in [1.82, 2.24) is 5.32 Å². The number of carboxylic acid groups (broad SMARTS) is 1. The quantitative estimate of drug-likeness (QED) is 0.747. The Morgan fingerprint density at radius 1 is 1.45 bits per heavy atom. The maximum absolute atomic E-state index is 11.5. The molecule has 1 rings (SSSR count). The van der Waals surface area contributed by atoms with Crippen molar-refractivity contribution in [2.75, 3.05) is 13.2 Å². The molecule has 2 N–H and O–H groups in total. The van der Waals surface area contributed by atoms with Gasteiger partial charge in [-0.15, -0.1) is 0 Å². The largest absolute Gasteiger partial charge is 0.493 e. The summed E-state index contributed by atoms with van der Waals surface area (Å²) in [6, 6.07) is 5.51. The highest BCUT2D eigenvalue weighted by molar-refractivity contribution is 9.10. The Balaban J connectivity index is 2.66. The zero-order chi connectivity index (χ0) is 15.0. The van der Waals surface area contributed by atoms with E-state index in [1.54, 1.807) is 6.08 Å². The number of aliphatic carboxylic acids is 1. The summed E-state index contributed by atoms with van der Waals surface area (Å²) >= 11 is 3.36. The van der Waals surface area contributed by atoms with Gasteiger partial charge >= 0.3 is 5.97 Å². The molecule has 5 nitrogen and oxygen atoms in total. The molecular weight excluding hydrogens is 326 g/mol. The molecule has 6 heteroatoms. The zero-order valence-corrected chi connectivity index (χ0v) is 12.6. The molecule has 1 aromatic carbocycles. The smallest absolute Gasteiger partial charge is 0.305 e. The lowest BCUT2D eigenvalue weighted by atomic mass is 10.2. The Hall–Kier alpha value is -1.82. The fourth-order valence-corrected chi connectivity index (χ4v) is 1.83. The topological polar surface area (TPSA) is 75.6 Å². The second-order valence-corrected chi connectivity index (χ2v) is 4.80. The minimum atomic E-state index is -0.945. The summed E-state index contributed by atoms with van der Waals surface area (Å²) in [6.07, 6.45) is 2.89. The average Bonchev–Trinajstić information content (AvgIpc) is 2.39. The molecule has 0 unspecified atom stereocenters. The Labute approximate surface area is 125 Å². The molecule has 0 heterocycles. The van der Waals surface area contributed by atoms with Gasteiger partial charge in [0.1, 0.15) is 5.75 Å². The van der Waals surface area contributed by atoms with E-state index in [2.05, 4.69) is 21.2 Å². The SMILES string of the molecule is CCOc1ccc(Br)cc1/C=C/C(=O)NCCC(=O)O. The summed E-state index contributed by atoms with van der Waals surface area (Å²) in [7, 11) is 0. The van der Waals surface area contributed by atoms with Crippen molar-refractivity contribution in [3.8, 4) is 5.75 Å². The molecule has 1 aromatic rings. The monoisotopic (exact) mass is 341 g/mol. The number of halogens is 1. The molecule has 0 aliphatic carbocycles. The van der Waals surface area contributed by atoms with Gasteiger partial charge < -0.3 is 15.2 Å². The summed E-state index contributed by atoms with van der Waals surface area (Å²) in [4.78, 5) is 21.8. The van der Waals surface area contributed by atoms with Crippen LogP contribution in [-0.2, 0) is 9.59 Å². The first-order chi connectivity index (χ1) is 9.52. The van der Waals surface area contributed by atoms with Gasteiger partial charge in [0.05, 0.1) is 13.0 Å². The van der Waals surface area contributed by atoms with Crippen molar-refractivity contribution in [2.45, 2.75) is 13.3 Å². The van der Waals surface area contributed by atoms with Crippen LogP contribution in [0, 0.1) is 0 Å². The highest BCUT2D eigenvalue weighted by Gasteiger charge is 2.03. The number of carbonyl (C=O) groups excluding carboxylic acids is 1. The van der Waals surface area contributed by atoms with Crippen molar-refractivity contribution in [3.63, 3.8) is 0 Å². The summed E-state index contributed by atoms with van der Waals surface area (Å²) in [5.41, 5.74) is 0.773. The molecule has 0 fully saturated rings. The maximum Gasteiger partial charge on any atom is 0.305 e. The second-order valence-electron chi connectivity index (χ2n) is 3.88. The molecule has 0 spiro atoms. The molecular formula is C14H16BrNO4. The van der Waals surface area contributed by atoms with Gasteiger partial charge in [-0.1, -0.05) is 15.9 Å². The first-order valence-corrected chi connectivity index (χ1v) is 6.92. The van der Waals surface area contributed by atoms with Crippen LogP contribution in [0.4, 0.5) is 0 Å². The maximum atomic E-state index is 11.5. The summed E-state index contributed by atoms with van der Waals surface area (Å²) < 4.78 is 6.34. The van der Waals surface area contributed by atoms with Gasteiger partial charge in [-0.05, 0) is 31.2 Å². The first kappa shape index (κ1) is 16.2. The van der Waals surface area contributed by atoms with Crippen LogP contribution in [-0.4, -0.2) is 30.1 Å². The number of carboxylic acids is 1. The van der Waals surface area contributed by atoms with E-state index in [-0.39, 0.29) is 18.9 Å². The third-order valence-electron chi connectivity index (χ3n) is 2.32. The highest BCUT2D eigenvalue weighted by atomic mass is 79.9. The summed E-state index contributed by atoms with van der Waals surface area (Å²) in [6.45, 7) is 2.52. The predicted molar refractivity (Wildman–Crippen MR) is 79.6 cm³/mol. The standard InChI is InChI=1S/C14H16BrNO4/c1-2-20-12-5-4-11(15)9-10(12)3-6-13(17)16-8-7-14(18)19/h3-6,9H,2,7-8H2,1H3,(H,16,17)(H,18,19)/b6-3+. The predicted octanol–water partition coefficient (Wildman–Crippen LogP) is 2.45. The summed E-state index contributed by atoms with van der Waals surface area (Å²) in [5.74, 6) is -0.598. The molecule has 20 heavy (non-hydrogen) atoms. The van der Waals surface area contributed by atoms with Gasteiger partial charge in [-0.2, -0.15) is 0 Å². The lowest BCUT2D eigenvalue weighted by Gasteiger charge is -2.07. The molecule has 0 bridgehead atoms. The fraction of sp³-hybridized carbons (Fsp3) is 0.286. The minimum Gasteiger partial charge on any atom is -0.493 e. The van der Waals surface area contributed by atoms with Gasteiger partial charge in [0.25, 0.3) is 0 Å². The number of hydrogen-bond acceptors (Lipinski definition) is 3. The van der Waals surface area contributed by atoms with Crippen LogP contribution in [0.2, 0.25) is 0 Å². The van der Waals surface area contributed by atoms with Crippen molar-refractivity contribution >= 4 is 33.9 Å². The number of carbonyl (C=O) groups is 2. The van der Waals surface area contributed by atoms with Gasteiger partial charge in [0.15, 0.2) is 0 Å². The molecule has 108 valence electrons. The Bertz CT molecular complexity index is 514. The van der Waals surface area contributed by atoms with Crippen LogP contribution in [0.1, 0.15) is 18.9 Å². The van der Waals surface area contributed by atoms with Crippen LogP contribution in [0.5, 0.6) is 5.75 Å². The minimum absolute atomic E-state index is 0.0966. The number of nitrogens with one attached hydrogen (secondary N) is 1. The number of amides is 1. The van der Waals surface area contributed by atoms with Crippen molar-refractivity contribution in [2.24, 2.45) is 0 Å². The molecule has 0 saturated carbocycles. The lowest BCUT2D eigenvalue weighted by Crippen LogP contribution is -2.23. The number of ether oxygens (including phenoxy) is 1. The third-order valence-corrected chi connectivity index (χ3v) is 2.82. The molecule has 0 saturated heterocycles.